The van der Waals surface area contributed by atoms with Crippen molar-refractivity contribution >= 4 is 0 Å². The van der Waals surface area contributed by atoms with E-state index >= 15 is 0 Å². The van der Waals surface area contributed by atoms with Crippen LogP contribution in [0.5, 0.6) is 11.5 Å². The van der Waals surface area contributed by atoms with Gasteiger partial charge in [0.2, 0.25) is 0 Å². The summed E-state index contributed by atoms with van der Waals surface area (Å²) in [4.78, 5) is 0. The van der Waals surface area contributed by atoms with Gasteiger partial charge < -0.3 is 9.47 Å². The maximum atomic E-state index is 8.67. The number of nitrogens with one attached hydrogen (secondary N) is 1. The summed E-state index contributed by atoms with van der Waals surface area (Å²) in [5, 5.41) is 11.1. The molecule has 0 aliphatic rings. The van der Waals surface area contributed by atoms with E-state index in [2.05, 4.69) is 5.32 Å². The van der Waals surface area contributed by atoms with Gasteiger partial charge >= 0.3 is 6.41 Å². The van der Waals surface area contributed by atoms with E-state index in [1.807, 2.05) is 42.6 Å². The highest BCUT2D eigenvalue weighted by molar-refractivity contribution is 5.23. The van der Waals surface area contributed by atoms with Crippen LogP contribution in [0, 0.1) is 11.5 Å². The van der Waals surface area contributed by atoms with Gasteiger partial charge in [-0.3, -0.25) is 5.32 Å². The van der Waals surface area contributed by atoms with Crippen molar-refractivity contribution in [3.05, 3.63) is 60.7 Å². The molecule has 0 saturated carbocycles. The van der Waals surface area contributed by atoms with E-state index in [1.165, 1.54) is 0 Å². The molecule has 0 spiro atoms. The van der Waals surface area contributed by atoms with E-state index in [9.17, 15) is 0 Å². The molecule has 2 aromatic carbocycles. The predicted molar refractivity (Wildman–Crippen MR) is 66.7 cm³/mol. The number of hydrogen-bond donors (Lipinski definition) is 1. The Labute approximate surface area is 105 Å². The molecule has 0 aliphatic heterocycles. The minimum absolute atomic E-state index is 0.626. The summed E-state index contributed by atoms with van der Waals surface area (Å²) in [7, 11) is 0. The fraction of sp³-hybridized carbons (Fsp3) is 0.0714. The minimum atomic E-state index is -0.847. The van der Waals surface area contributed by atoms with Crippen molar-refractivity contribution in [3.8, 4) is 17.7 Å². The highest BCUT2D eigenvalue weighted by Crippen LogP contribution is 2.14. The molecule has 0 aromatic heterocycles. The molecule has 18 heavy (non-hydrogen) atoms. The van der Waals surface area contributed by atoms with Crippen molar-refractivity contribution in [2.24, 2.45) is 0 Å². The Morgan fingerprint density at radius 2 is 1.28 bits per heavy atom. The van der Waals surface area contributed by atoms with Gasteiger partial charge in [-0.25, -0.2) is 0 Å². The van der Waals surface area contributed by atoms with Gasteiger partial charge in [0.15, 0.2) is 6.19 Å². The smallest absolute Gasteiger partial charge is 0.333 e. The predicted octanol–water partition coefficient (Wildman–Crippen LogP) is 2.50. The van der Waals surface area contributed by atoms with Gasteiger partial charge in [-0.15, -0.1) is 0 Å². The van der Waals surface area contributed by atoms with Crippen LogP contribution in [-0.2, 0) is 0 Å². The van der Waals surface area contributed by atoms with Crippen molar-refractivity contribution < 1.29 is 9.47 Å². The zero-order valence-corrected chi connectivity index (χ0v) is 9.61. The number of benzene rings is 2. The lowest BCUT2D eigenvalue weighted by molar-refractivity contribution is -0.00907. The lowest BCUT2D eigenvalue weighted by Crippen LogP contribution is -2.36. The maximum absolute atomic E-state index is 8.67. The summed E-state index contributed by atoms with van der Waals surface area (Å²) in [6, 6.07) is 18.3. The van der Waals surface area contributed by atoms with Crippen LogP contribution >= 0.6 is 0 Å². The second-order valence-corrected chi connectivity index (χ2v) is 3.45. The van der Waals surface area contributed by atoms with Crippen molar-refractivity contribution in [2.45, 2.75) is 6.41 Å². The summed E-state index contributed by atoms with van der Waals surface area (Å²) in [6.07, 6.45) is 0.961. The van der Waals surface area contributed by atoms with Crippen LogP contribution in [0.2, 0.25) is 0 Å². The van der Waals surface area contributed by atoms with Crippen LogP contribution in [0.3, 0.4) is 0 Å². The first kappa shape index (κ1) is 11.8. The number of nitrogens with zero attached hydrogens (tertiary/aromatic N) is 1. The fourth-order valence-corrected chi connectivity index (χ4v) is 1.38. The van der Waals surface area contributed by atoms with Crippen LogP contribution in [0.25, 0.3) is 0 Å². The fourth-order valence-electron chi connectivity index (χ4n) is 1.38. The van der Waals surface area contributed by atoms with Crippen LogP contribution in [-0.4, -0.2) is 6.41 Å². The van der Waals surface area contributed by atoms with Crippen LogP contribution in [0.1, 0.15) is 0 Å². The third-order valence-electron chi connectivity index (χ3n) is 2.16. The van der Waals surface area contributed by atoms with Crippen molar-refractivity contribution in [3.63, 3.8) is 0 Å². The summed E-state index contributed by atoms with van der Waals surface area (Å²) in [5.41, 5.74) is 0. The van der Waals surface area contributed by atoms with Gasteiger partial charge in [0, 0.05) is 0 Å². The Morgan fingerprint density at radius 1 is 0.833 bits per heavy atom. The molecule has 2 rings (SSSR count). The molecule has 0 fully saturated rings. The first-order valence-corrected chi connectivity index (χ1v) is 5.46. The number of nitriles is 1. The highest BCUT2D eigenvalue weighted by atomic mass is 16.7. The number of ether oxygens (including phenoxy) is 2. The monoisotopic (exact) mass is 240 g/mol. The zero-order chi connectivity index (χ0) is 12.6. The third-order valence-corrected chi connectivity index (χ3v) is 2.16. The van der Waals surface area contributed by atoms with E-state index in [0.717, 1.165) is 0 Å². The molecular weight excluding hydrogens is 228 g/mol. The Balaban J connectivity index is 2.03. The quantitative estimate of drug-likeness (QED) is 0.495. The molecule has 0 radical (unpaired) electrons. The molecule has 4 nitrogen and oxygen atoms in total. The van der Waals surface area contributed by atoms with Crippen molar-refractivity contribution in [1.82, 2.24) is 5.32 Å². The Morgan fingerprint density at radius 3 is 1.67 bits per heavy atom. The van der Waals surface area contributed by atoms with Crippen LogP contribution < -0.4 is 14.8 Å². The first-order valence-electron chi connectivity index (χ1n) is 5.46. The molecule has 0 amide bonds. The summed E-state index contributed by atoms with van der Waals surface area (Å²) >= 11 is 0. The van der Waals surface area contributed by atoms with Gasteiger partial charge in [0.25, 0.3) is 0 Å². The molecule has 0 atom stereocenters. The molecule has 0 unspecified atom stereocenters. The summed E-state index contributed by atoms with van der Waals surface area (Å²) in [6.45, 7) is 0. The molecule has 1 N–H and O–H groups in total. The molecule has 0 aliphatic carbocycles. The normalized spacial score (nSPS) is 9.56. The molecular formula is C14H12N2O2. The molecule has 0 bridgehead atoms. The Bertz CT molecular complexity index is 467. The lowest BCUT2D eigenvalue weighted by atomic mass is 10.3. The van der Waals surface area contributed by atoms with Crippen LogP contribution in [0.4, 0.5) is 0 Å². The van der Waals surface area contributed by atoms with Crippen LogP contribution in [0.15, 0.2) is 60.7 Å². The number of para-hydroxylation sites is 2. The number of hydrogen-bond acceptors (Lipinski definition) is 4. The van der Waals surface area contributed by atoms with Crippen molar-refractivity contribution in [1.29, 1.82) is 5.26 Å². The summed E-state index contributed by atoms with van der Waals surface area (Å²) < 4.78 is 11.0. The average molecular weight is 240 g/mol. The Kier molecular flexibility index (Phi) is 4.04. The van der Waals surface area contributed by atoms with E-state index < -0.39 is 6.41 Å². The standard InChI is InChI=1S/C14H12N2O2/c15-11-16-14(17-12-7-3-1-4-8-12)18-13-9-5-2-6-10-13/h1-10,14,16H. The van der Waals surface area contributed by atoms with Gasteiger partial charge in [0.1, 0.15) is 11.5 Å². The SMILES string of the molecule is N#CNC(Oc1ccccc1)Oc1ccccc1. The summed E-state index contributed by atoms with van der Waals surface area (Å²) in [5.74, 6) is 1.25. The zero-order valence-electron chi connectivity index (χ0n) is 9.61. The maximum Gasteiger partial charge on any atom is 0.333 e. The second kappa shape index (κ2) is 6.16. The van der Waals surface area contributed by atoms with E-state index in [4.69, 9.17) is 14.7 Å². The molecule has 4 heteroatoms. The average Bonchev–Trinajstić information content (AvgIpc) is 2.41. The minimum Gasteiger partial charge on any atom is -0.437 e. The van der Waals surface area contributed by atoms with E-state index in [0.29, 0.717) is 11.5 Å². The molecule has 0 saturated heterocycles. The van der Waals surface area contributed by atoms with Gasteiger partial charge in [0.05, 0.1) is 0 Å². The second-order valence-electron chi connectivity index (χ2n) is 3.45. The van der Waals surface area contributed by atoms with E-state index in [-0.39, 0.29) is 0 Å². The molecule has 0 heterocycles. The van der Waals surface area contributed by atoms with Gasteiger partial charge in [-0.05, 0) is 24.3 Å². The first-order chi connectivity index (χ1) is 8.88. The third kappa shape index (κ3) is 3.42. The lowest BCUT2D eigenvalue weighted by Gasteiger charge is -2.18. The largest absolute Gasteiger partial charge is 0.437 e. The van der Waals surface area contributed by atoms with Gasteiger partial charge in [-0.1, -0.05) is 36.4 Å². The van der Waals surface area contributed by atoms with E-state index in [1.54, 1.807) is 24.3 Å². The van der Waals surface area contributed by atoms with Crippen molar-refractivity contribution in [2.75, 3.05) is 0 Å². The molecule has 2 aromatic rings. The molecule has 90 valence electrons. The highest BCUT2D eigenvalue weighted by Gasteiger charge is 2.10. The number of rotatable bonds is 5. The van der Waals surface area contributed by atoms with Gasteiger partial charge in [-0.2, -0.15) is 5.26 Å². The Hall–Kier alpha value is -2.67. The topological polar surface area (TPSA) is 54.3 Å².